The highest BCUT2D eigenvalue weighted by Crippen LogP contribution is 2.35. The lowest BCUT2D eigenvalue weighted by atomic mass is 10.1. The Labute approximate surface area is 182 Å². The molecule has 0 aliphatic heterocycles. The minimum atomic E-state index is -3.96. The maximum atomic E-state index is 13.2. The number of carbonyl (C=O) groups is 1. The van der Waals surface area contributed by atoms with Crippen LogP contribution in [0.25, 0.3) is 22.4 Å². The molecule has 0 aliphatic carbocycles. The first-order valence-corrected chi connectivity index (χ1v) is 12.3. The maximum absolute atomic E-state index is 13.2. The second-order valence-corrected chi connectivity index (χ2v) is 11.4. The van der Waals surface area contributed by atoms with Gasteiger partial charge in [-0.15, -0.1) is 22.7 Å². The Bertz CT molecular complexity index is 1350. The fourth-order valence-electron chi connectivity index (χ4n) is 2.66. The number of ketones is 1. The van der Waals surface area contributed by atoms with E-state index in [1.807, 2.05) is 6.07 Å². The number of H-pyrrole nitrogens is 1. The first-order chi connectivity index (χ1) is 13.7. The molecule has 0 saturated heterocycles. The van der Waals surface area contributed by atoms with Gasteiger partial charge in [0, 0.05) is 10.7 Å². The number of benzene rings is 1. The van der Waals surface area contributed by atoms with Gasteiger partial charge in [-0.25, -0.2) is 13.4 Å². The van der Waals surface area contributed by atoms with Crippen molar-refractivity contribution in [2.75, 3.05) is 0 Å². The van der Waals surface area contributed by atoms with Crippen molar-refractivity contribution in [2.45, 2.75) is 4.21 Å². The number of aromatic nitrogens is 2. The number of para-hydroxylation sites is 2. The Hall–Kier alpha value is -2.17. The summed E-state index contributed by atoms with van der Waals surface area (Å²) in [7, 11) is 1.41. The lowest BCUT2D eigenvalue weighted by Crippen LogP contribution is -2.05. The van der Waals surface area contributed by atoms with Crippen molar-refractivity contribution in [3.8, 4) is 0 Å². The molecule has 0 amide bonds. The average Bonchev–Trinajstić information content (AvgIpc) is 3.39. The molecule has 11 heteroatoms. The van der Waals surface area contributed by atoms with E-state index in [2.05, 4.69) is 9.97 Å². The molecule has 6 nitrogen and oxygen atoms in total. The lowest BCUT2D eigenvalue weighted by molar-refractivity contribution is 0.105. The summed E-state index contributed by atoms with van der Waals surface area (Å²) in [5.41, 5.74) is 1.19. The first-order valence-electron chi connectivity index (χ1n) is 7.97. The van der Waals surface area contributed by atoms with Gasteiger partial charge in [0.05, 0.1) is 25.1 Å². The van der Waals surface area contributed by atoms with Crippen molar-refractivity contribution in [3.05, 3.63) is 68.4 Å². The van der Waals surface area contributed by atoms with Gasteiger partial charge in [-0.1, -0.05) is 23.7 Å². The normalized spacial score (nSPS) is 12.9. The average molecular weight is 485 g/mol. The van der Waals surface area contributed by atoms with Gasteiger partial charge in [0.1, 0.15) is 21.4 Å². The van der Waals surface area contributed by atoms with E-state index in [1.54, 1.807) is 30.3 Å². The molecule has 3 heterocycles. The number of thiophene rings is 2. The molecular weight excluding hydrogens is 475 g/mol. The summed E-state index contributed by atoms with van der Waals surface area (Å²) in [6.07, 6.45) is 0. The van der Waals surface area contributed by atoms with E-state index in [0.717, 1.165) is 22.7 Å². The van der Waals surface area contributed by atoms with E-state index in [1.165, 1.54) is 12.1 Å². The van der Waals surface area contributed by atoms with Crippen LogP contribution in [-0.2, 0) is 9.05 Å². The second kappa shape index (κ2) is 7.58. The number of aliphatic hydroxyl groups is 1. The summed E-state index contributed by atoms with van der Waals surface area (Å²) in [5, 5.41) is 10.9. The van der Waals surface area contributed by atoms with Gasteiger partial charge in [-0.05, 0) is 36.4 Å². The molecule has 4 aromatic rings. The first kappa shape index (κ1) is 20.1. The van der Waals surface area contributed by atoms with E-state index < -0.39 is 20.6 Å². The number of carbonyl (C=O) groups excluding carboxylic acids is 1. The molecule has 2 N–H and O–H groups in total. The van der Waals surface area contributed by atoms with Crippen molar-refractivity contribution in [3.63, 3.8) is 0 Å². The number of aliphatic hydroxyl groups excluding tert-OH is 1. The molecule has 0 spiro atoms. The number of halogens is 2. The Morgan fingerprint density at radius 3 is 2.38 bits per heavy atom. The topological polar surface area (TPSA) is 100 Å². The standard InChI is InChI=1S/C18H10Cl2N2O4S3/c19-13-7-5-11(27-13)16(23)15(18-21-9-3-1-2-4-10(9)22-18)17(24)12-6-8-14(28-12)29(20,25)26/h1-8,24H,(H,21,22). The third kappa shape index (κ3) is 3.96. The van der Waals surface area contributed by atoms with Gasteiger partial charge in [-0.2, -0.15) is 0 Å². The van der Waals surface area contributed by atoms with E-state index >= 15 is 0 Å². The number of nitrogens with one attached hydrogen (secondary N) is 1. The molecule has 0 unspecified atom stereocenters. The SMILES string of the molecule is O=C(C(=C(O)c1ccc(S(=O)(=O)Cl)s1)c1nc2ccccc2[nH]1)c1ccc(Cl)s1. The zero-order chi connectivity index (χ0) is 20.8. The van der Waals surface area contributed by atoms with E-state index in [0.29, 0.717) is 20.2 Å². The van der Waals surface area contributed by atoms with Crippen molar-refractivity contribution in [1.29, 1.82) is 0 Å². The molecule has 0 atom stereocenters. The highest BCUT2D eigenvalue weighted by atomic mass is 35.7. The zero-order valence-corrected chi connectivity index (χ0v) is 18.2. The number of fused-ring (bicyclic) bond motifs is 1. The summed E-state index contributed by atoms with van der Waals surface area (Å²) in [5.74, 6) is -0.751. The van der Waals surface area contributed by atoms with Crippen molar-refractivity contribution >= 4 is 82.2 Å². The Morgan fingerprint density at radius 1 is 1.03 bits per heavy atom. The summed E-state index contributed by atoms with van der Waals surface area (Å²) in [6, 6.07) is 12.9. The molecule has 0 aliphatic rings. The van der Waals surface area contributed by atoms with Crippen LogP contribution in [0.1, 0.15) is 20.4 Å². The van der Waals surface area contributed by atoms with Crippen LogP contribution in [0, 0.1) is 0 Å². The molecular formula is C18H10Cl2N2O4S3. The molecule has 0 bridgehead atoms. The van der Waals surface area contributed by atoms with Gasteiger partial charge in [0.15, 0.2) is 0 Å². The van der Waals surface area contributed by atoms with Crippen LogP contribution in [0.2, 0.25) is 4.34 Å². The monoisotopic (exact) mass is 484 g/mol. The number of hydrogen-bond donors (Lipinski definition) is 2. The van der Waals surface area contributed by atoms with Crippen LogP contribution in [0.4, 0.5) is 0 Å². The maximum Gasteiger partial charge on any atom is 0.270 e. The predicted molar refractivity (Wildman–Crippen MR) is 117 cm³/mol. The molecule has 0 fully saturated rings. The summed E-state index contributed by atoms with van der Waals surface area (Å²) >= 11 is 7.77. The molecule has 4 rings (SSSR count). The van der Waals surface area contributed by atoms with Crippen LogP contribution >= 0.6 is 45.0 Å². The number of hydrogen-bond acceptors (Lipinski definition) is 7. The van der Waals surface area contributed by atoms with E-state index in [9.17, 15) is 18.3 Å². The minimum Gasteiger partial charge on any atom is -0.506 e. The van der Waals surface area contributed by atoms with Crippen LogP contribution in [0.3, 0.4) is 0 Å². The second-order valence-electron chi connectivity index (χ2n) is 5.82. The molecule has 29 heavy (non-hydrogen) atoms. The fraction of sp³-hybridized carbons (Fsp3) is 0. The van der Waals surface area contributed by atoms with Gasteiger partial charge in [-0.3, -0.25) is 4.79 Å². The summed E-state index contributed by atoms with van der Waals surface area (Å²) < 4.78 is 23.4. The Balaban J connectivity index is 1.92. The van der Waals surface area contributed by atoms with E-state index in [-0.39, 0.29) is 20.5 Å². The van der Waals surface area contributed by atoms with E-state index in [4.69, 9.17) is 22.3 Å². The molecule has 148 valence electrons. The lowest BCUT2D eigenvalue weighted by Gasteiger charge is -2.06. The van der Waals surface area contributed by atoms with Crippen molar-refractivity contribution < 1.29 is 18.3 Å². The van der Waals surface area contributed by atoms with Gasteiger partial charge in [0.2, 0.25) is 5.78 Å². The molecule has 1 aromatic carbocycles. The molecule has 3 aromatic heterocycles. The Kier molecular flexibility index (Phi) is 5.26. The third-order valence-corrected chi connectivity index (χ3v) is 8.36. The number of nitrogens with zero attached hydrogens (tertiary/aromatic N) is 1. The highest BCUT2D eigenvalue weighted by molar-refractivity contribution is 8.15. The third-order valence-electron chi connectivity index (χ3n) is 3.94. The molecule has 0 saturated carbocycles. The zero-order valence-electron chi connectivity index (χ0n) is 14.2. The number of allylic oxidation sites excluding steroid dienone is 1. The minimum absolute atomic E-state index is 0.0971. The predicted octanol–water partition coefficient (Wildman–Crippen LogP) is 5.58. The summed E-state index contributed by atoms with van der Waals surface area (Å²) in [6.45, 7) is 0. The van der Waals surface area contributed by atoms with Crippen LogP contribution in [-0.4, -0.2) is 29.3 Å². The quantitative estimate of drug-likeness (QED) is 0.167. The van der Waals surface area contributed by atoms with Crippen LogP contribution in [0.15, 0.2) is 52.7 Å². The molecule has 0 radical (unpaired) electrons. The Morgan fingerprint density at radius 2 is 1.76 bits per heavy atom. The van der Waals surface area contributed by atoms with Gasteiger partial charge in [0.25, 0.3) is 9.05 Å². The number of rotatable bonds is 5. The van der Waals surface area contributed by atoms with Crippen LogP contribution < -0.4 is 0 Å². The van der Waals surface area contributed by atoms with Crippen LogP contribution in [0.5, 0.6) is 0 Å². The van der Waals surface area contributed by atoms with Gasteiger partial charge < -0.3 is 10.1 Å². The number of imidazole rings is 1. The smallest absolute Gasteiger partial charge is 0.270 e. The number of Topliss-reactive ketones (excluding diaryl/α,β-unsaturated/α-hetero) is 1. The van der Waals surface area contributed by atoms with Crippen molar-refractivity contribution in [1.82, 2.24) is 9.97 Å². The highest BCUT2D eigenvalue weighted by Gasteiger charge is 2.26. The number of aromatic amines is 1. The largest absolute Gasteiger partial charge is 0.506 e. The van der Waals surface area contributed by atoms with Gasteiger partial charge >= 0.3 is 0 Å². The van der Waals surface area contributed by atoms with Crippen molar-refractivity contribution in [2.24, 2.45) is 0 Å². The fourth-order valence-corrected chi connectivity index (χ4v) is 5.67. The summed E-state index contributed by atoms with van der Waals surface area (Å²) in [4.78, 5) is 21.1.